The molecule has 1 aliphatic heterocycles. The van der Waals surface area contributed by atoms with Crippen molar-refractivity contribution in [2.75, 3.05) is 19.7 Å². The molecule has 1 amide bonds. The van der Waals surface area contributed by atoms with Gasteiger partial charge in [-0.15, -0.1) is 0 Å². The van der Waals surface area contributed by atoms with Crippen molar-refractivity contribution in [2.45, 2.75) is 25.8 Å². The number of rotatable bonds is 2. The lowest BCUT2D eigenvalue weighted by molar-refractivity contribution is -0.154. The van der Waals surface area contributed by atoms with Gasteiger partial charge in [0.15, 0.2) is 0 Å². The van der Waals surface area contributed by atoms with Crippen molar-refractivity contribution in [3.63, 3.8) is 0 Å². The summed E-state index contributed by atoms with van der Waals surface area (Å²) in [5, 5.41) is 5.82. The molecule has 0 spiro atoms. The number of piperidine rings is 1. The summed E-state index contributed by atoms with van der Waals surface area (Å²) >= 11 is 0. The first-order valence-corrected chi connectivity index (χ1v) is 4.92. The zero-order chi connectivity index (χ0) is 10.4. The molecule has 0 unspecified atom stereocenters. The van der Waals surface area contributed by atoms with Gasteiger partial charge in [0, 0.05) is 6.04 Å². The van der Waals surface area contributed by atoms with Crippen molar-refractivity contribution in [3.05, 3.63) is 0 Å². The summed E-state index contributed by atoms with van der Waals surface area (Å²) in [5.74, 6) is -1.41. The van der Waals surface area contributed by atoms with Crippen LogP contribution >= 0.6 is 0 Å². The number of carbonyl (C=O) groups is 2. The number of nitrogens with one attached hydrogen (secondary N) is 2. The Morgan fingerprint density at radius 3 is 2.64 bits per heavy atom. The van der Waals surface area contributed by atoms with E-state index < -0.39 is 11.9 Å². The molecular weight excluding hydrogens is 184 g/mol. The van der Waals surface area contributed by atoms with Crippen LogP contribution in [0.15, 0.2) is 0 Å². The van der Waals surface area contributed by atoms with Gasteiger partial charge in [0.2, 0.25) is 0 Å². The van der Waals surface area contributed by atoms with Crippen molar-refractivity contribution >= 4 is 11.9 Å². The lowest BCUT2D eigenvalue weighted by Crippen LogP contribution is -2.45. The number of esters is 1. The lowest BCUT2D eigenvalue weighted by atomic mass is 10.1. The first-order valence-electron chi connectivity index (χ1n) is 4.92. The van der Waals surface area contributed by atoms with Gasteiger partial charge >= 0.3 is 11.9 Å². The summed E-state index contributed by atoms with van der Waals surface area (Å²) in [4.78, 5) is 22.2. The van der Waals surface area contributed by atoms with Crippen molar-refractivity contribution < 1.29 is 14.3 Å². The highest BCUT2D eigenvalue weighted by Gasteiger charge is 2.20. The van der Waals surface area contributed by atoms with Crippen molar-refractivity contribution in [1.29, 1.82) is 0 Å². The molecule has 0 atom stereocenters. The van der Waals surface area contributed by atoms with E-state index >= 15 is 0 Å². The summed E-state index contributed by atoms with van der Waals surface area (Å²) in [6.45, 7) is 3.68. The van der Waals surface area contributed by atoms with Gasteiger partial charge in [-0.1, -0.05) is 0 Å². The summed E-state index contributed by atoms with van der Waals surface area (Å²) < 4.78 is 4.58. The highest BCUT2D eigenvalue weighted by atomic mass is 16.5. The van der Waals surface area contributed by atoms with E-state index in [1.165, 1.54) is 0 Å². The van der Waals surface area contributed by atoms with Crippen LogP contribution in [0.5, 0.6) is 0 Å². The minimum atomic E-state index is -0.786. The summed E-state index contributed by atoms with van der Waals surface area (Å²) in [6, 6.07) is 0.105. The molecule has 80 valence electrons. The maximum atomic E-state index is 11.2. The van der Waals surface area contributed by atoms with Gasteiger partial charge < -0.3 is 15.4 Å². The van der Waals surface area contributed by atoms with Crippen LogP contribution in [0.4, 0.5) is 0 Å². The molecule has 14 heavy (non-hydrogen) atoms. The Labute approximate surface area is 83.2 Å². The molecule has 0 aromatic rings. The van der Waals surface area contributed by atoms with Gasteiger partial charge in [-0.25, -0.2) is 4.79 Å². The van der Waals surface area contributed by atoms with Crippen LogP contribution in [0.3, 0.4) is 0 Å². The lowest BCUT2D eigenvalue weighted by Gasteiger charge is -2.22. The Morgan fingerprint density at radius 2 is 2.07 bits per heavy atom. The Hall–Kier alpha value is -1.10. The molecule has 0 aromatic carbocycles. The molecule has 1 fully saturated rings. The summed E-state index contributed by atoms with van der Waals surface area (Å²) in [5.41, 5.74) is 0. The van der Waals surface area contributed by atoms with E-state index in [2.05, 4.69) is 15.4 Å². The smallest absolute Gasteiger partial charge is 0.396 e. The van der Waals surface area contributed by atoms with Crippen molar-refractivity contribution in [1.82, 2.24) is 10.6 Å². The van der Waals surface area contributed by atoms with Gasteiger partial charge in [-0.3, -0.25) is 4.79 Å². The number of hydrogen-bond donors (Lipinski definition) is 2. The molecule has 0 saturated carbocycles. The van der Waals surface area contributed by atoms with Gasteiger partial charge in [-0.2, -0.15) is 0 Å². The molecule has 0 aliphatic carbocycles. The van der Waals surface area contributed by atoms with E-state index in [1.54, 1.807) is 6.92 Å². The van der Waals surface area contributed by atoms with Crippen molar-refractivity contribution in [3.8, 4) is 0 Å². The zero-order valence-corrected chi connectivity index (χ0v) is 8.34. The Morgan fingerprint density at radius 1 is 1.43 bits per heavy atom. The number of ether oxygens (including phenoxy) is 1. The predicted molar refractivity (Wildman–Crippen MR) is 50.7 cm³/mol. The van der Waals surface area contributed by atoms with Crippen LogP contribution < -0.4 is 10.6 Å². The fraction of sp³-hybridized carbons (Fsp3) is 0.778. The third-order valence-electron chi connectivity index (χ3n) is 2.14. The Bertz CT molecular complexity index is 212. The average molecular weight is 200 g/mol. The van der Waals surface area contributed by atoms with E-state index in [0.29, 0.717) is 0 Å². The van der Waals surface area contributed by atoms with E-state index in [4.69, 9.17) is 0 Å². The molecule has 2 N–H and O–H groups in total. The van der Waals surface area contributed by atoms with Gasteiger partial charge in [-0.05, 0) is 32.9 Å². The number of carbonyl (C=O) groups excluding carboxylic acids is 2. The standard InChI is InChI=1S/C9H16N2O3/c1-2-14-9(13)8(12)11-7-3-5-10-6-4-7/h7,10H,2-6H2,1H3,(H,11,12). The molecule has 0 radical (unpaired) electrons. The van der Waals surface area contributed by atoms with Gasteiger partial charge in [0.25, 0.3) is 0 Å². The first kappa shape index (κ1) is 11.0. The number of hydrogen-bond acceptors (Lipinski definition) is 4. The largest absolute Gasteiger partial charge is 0.459 e. The van der Waals surface area contributed by atoms with Gasteiger partial charge in [0.05, 0.1) is 6.61 Å². The SMILES string of the molecule is CCOC(=O)C(=O)NC1CCNCC1. The minimum absolute atomic E-state index is 0.105. The van der Waals surface area contributed by atoms with Crippen LogP contribution in [0.1, 0.15) is 19.8 Å². The normalized spacial score (nSPS) is 17.5. The van der Waals surface area contributed by atoms with E-state index in [0.717, 1.165) is 25.9 Å². The molecule has 0 aromatic heterocycles. The van der Waals surface area contributed by atoms with E-state index in [9.17, 15) is 9.59 Å². The molecule has 1 saturated heterocycles. The molecule has 1 aliphatic rings. The monoisotopic (exact) mass is 200 g/mol. The molecule has 1 heterocycles. The van der Waals surface area contributed by atoms with E-state index in [-0.39, 0.29) is 12.6 Å². The highest BCUT2D eigenvalue weighted by molar-refractivity contribution is 6.32. The Kier molecular flexibility index (Phi) is 4.39. The predicted octanol–water partition coefficient (Wildman–Crippen LogP) is -0.582. The third kappa shape index (κ3) is 3.33. The maximum absolute atomic E-state index is 11.2. The Balaban J connectivity index is 2.28. The fourth-order valence-electron chi connectivity index (χ4n) is 1.41. The van der Waals surface area contributed by atoms with Crippen LogP contribution in [0.2, 0.25) is 0 Å². The minimum Gasteiger partial charge on any atom is -0.459 e. The molecule has 1 rings (SSSR count). The molecule has 0 bridgehead atoms. The third-order valence-corrected chi connectivity index (χ3v) is 2.14. The summed E-state index contributed by atoms with van der Waals surface area (Å²) in [7, 11) is 0. The van der Waals surface area contributed by atoms with Crippen LogP contribution in [0, 0.1) is 0 Å². The number of amides is 1. The van der Waals surface area contributed by atoms with Crippen molar-refractivity contribution in [2.24, 2.45) is 0 Å². The summed E-state index contributed by atoms with van der Waals surface area (Å²) in [6.07, 6.45) is 1.73. The molecule has 5 nitrogen and oxygen atoms in total. The second-order valence-corrected chi connectivity index (χ2v) is 3.22. The fourth-order valence-corrected chi connectivity index (χ4v) is 1.41. The van der Waals surface area contributed by atoms with E-state index in [1.807, 2.05) is 0 Å². The average Bonchev–Trinajstić information content (AvgIpc) is 2.19. The van der Waals surface area contributed by atoms with Crippen LogP contribution in [-0.2, 0) is 14.3 Å². The second kappa shape index (κ2) is 5.59. The van der Waals surface area contributed by atoms with Crippen LogP contribution in [-0.4, -0.2) is 37.6 Å². The highest BCUT2D eigenvalue weighted by Crippen LogP contribution is 2.01. The maximum Gasteiger partial charge on any atom is 0.396 e. The first-order chi connectivity index (χ1) is 6.74. The quantitative estimate of drug-likeness (QED) is 0.462. The molecular formula is C9H16N2O3. The van der Waals surface area contributed by atoms with Gasteiger partial charge in [0.1, 0.15) is 0 Å². The zero-order valence-electron chi connectivity index (χ0n) is 8.34. The topological polar surface area (TPSA) is 67.4 Å². The van der Waals surface area contributed by atoms with Crippen LogP contribution in [0.25, 0.3) is 0 Å². The molecule has 5 heteroatoms. The second-order valence-electron chi connectivity index (χ2n) is 3.22.